The van der Waals surface area contributed by atoms with Gasteiger partial charge in [-0.3, -0.25) is 4.68 Å². The molecule has 0 radical (unpaired) electrons. The Balaban J connectivity index is 1.98. The number of aryl methyl sites for hydroxylation is 1. The number of benzene rings is 1. The van der Waals surface area contributed by atoms with E-state index in [2.05, 4.69) is 10.4 Å². The fourth-order valence-electron chi connectivity index (χ4n) is 1.89. The molecular weight excluding hydrogens is 278 g/mol. The van der Waals surface area contributed by atoms with E-state index in [9.17, 15) is 5.11 Å². The lowest BCUT2D eigenvalue weighted by Crippen LogP contribution is -2.25. The zero-order valence-electron chi connectivity index (χ0n) is 11.5. The summed E-state index contributed by atoms with van der Waals surface area (Å²) in [5, 5.41) is 17.9. The third-order valence-corrected chi connectivity index (χ3v) is 3.37. The van der Waals surface area contributed by atoms with Crippen LogP contribution in [0.25, 0.3) is 0 Å². The molecule has 0 fully saturated rings. The third-order valence-electron chi connectivity index (χ3n) is 2.97. The van der Waals surface area contributed by atoms with Crippen LogP contribution in [0.5, 0.6) is 5.75 Å². The molecule has 6 heteroatoms. The molecule has 1 aromatic carbocycles. The highest BCUT2D eigenvalue weighted by atomic mass is 35.5. The predicted molar refractivity (Wildman–Crippen MR) is 79.5 cm³/mol. The third kappa shape index (κ3) is 3.65. The van der Waals surface area contributed by atoms with E-state index in [0.717, 1.165) is 11.3 Å². The monoisotopic (exact) mass is 295 g/mol. The first kappa shape index (κ1) is 14.7. The summed E-state index contributed by atoms with van der Waals surface area (Å²) in [6.45, 7) is 2.76. The second-order valence-electron chi connectivity index (χ2n) is 4.56. The fourth-order valence-corrected chi connectivity index (χ4v) is 2.04. The molecule has 0 bridgehead atoms. The number of hydrogen-bond acceptors (Lipinski definition) is 4. The van der Waals surface area contributed by atoms with Gasteiger partial charge in [0, 0.05) is 30.0 Å². The average Bonchev–Trinajstić information content (AvgIpc) is 2.92. The van der Waals surface area contributed by atoms with E-state index in [1.165, 1.54) is 0 Å². The summed E-state index contributed by atoms with van der Waals surface area (Å²) < 4.78 is 6.96. The molecule has 2 rings (SSSR count). The van der Waals surface area contributed by atoms with Gasteiger partial charge in [-0.2, -0.15) is 5.10 Å². The minimum atomic E-state index is -0.546. The van der Waals surface area contributed by atoms with Crippen molar-refractivity contribution in [3.63, 3.8) is 0 Å². The number of nitrogens with one attached hydrogen (secondary N) is 1. The molecule has 2 N–H and O–H groups in total. The van der Waals surface area contributed by atoms with E-state index < -0.39 is 6.10 Å². The highest BCUT2D eigenvalue weighted by molar-refractivity contribution is 6.31. The summed E-state index contributed by atoms with van der Waals surface area (Å²) >= 11 is 6.05. The number of anilines is 1. The lowest BCUT2D eigenvalue weighted by Gasteiger charge is -2.16. The molecule has 0 amide bonds. The van der Waals surface area contributed by atoms with Gasteiger partial charge in [-0.15, -0.1) is 0 Å². The summed E-state index contributed by atoms with van der Waals surface area (Å²) in [6.07, 6.45) is 2.96. The molecule has 1 heterocycles. The van der Waals surface area contributed by atoms with Crippen molar-refractivity contribution in [3.8, 4) is 5.75 Å². The van der Waals surface area contributed by atoms with Crippen molar-refractivity contribution < 1.29 is 9.84 Å². The number of aliphatic hydroxyl groups is 1. The van der Waals surface area contributed by atoms with Crippen LogP contribution in [0.15, 0.2) is 30.6 Å². The van der Waals surface area contributed by atoms with Crippen LogP contribution in [-0.4, -0.2) is 34.6 Å². The maximum atomic E-state index is 9.98. The number of ether oxygens (including phenoxy) is 1. The van der Waals surface area contributed by atoms with Crippen molar-refractivity contribution in [2.24, 2.45) is 0 Å². The van der Waals surface area contributed by atoms with Crippen molar-refractivity contribution in [1.29, 1.82) is 0 Å². The topological polar surface area (TPSA) is 59.3 Å². The number of halogens is 1. The van der Waals surface area contributed by atoms with Crippen LogP contribution >= 0.6 is 11.6 Å². The molecule has 0 saturated carbocycles. The summed E-state index contributed by atoms with van der Waals surface area (Å²) in [6, 6.07) is 5.49. The Kier molecular flexibility index (Phi) is 4.87. The molecule has 1 aromatic heterocycles. The molecule has 0 aliphatic rings. The quantitative estimate of drug-likeness (QED) is 0.859. The first-order valence-electron chi connectivity index (χ1n) is 6.33. The van der Waals surface area contributed by atoms with E-state index in [0.29, 0.717) is 23.9 Å². The van der Waals surface area contributed by atoms with Crippen LogP contribution in [0.4, 0.5) is 5.69 Å². The van der Waals surface area contributed by atoms with Crippen molar-refractivity contribution in [1.82, 2.24) is 9.78 Å². The second kappa shape index (κ2) is 6.63. The zero-order chi connectivity index (χ0) is 14.5. The molecule has 0 spiro atoms. The van der Waals surface area contributed by atoms with Gasteiger partial charge in [-0.1, -0.05) is 11.6 Å². The van der Waals surface area contributed by atoms with Gasteiger partial charge in [0.25, 0.3) is 0 Å². The first-order chi connectivity index (χ1) is 9.60. The number of nitrogens with zero attached hydrogens (tertiary/aromatic N) is 2. The largest absolute Gasteiger partial charge is 0.495 e. The SMILES string of the molecule is COc1cc(Cl)c(C)cc1NCC(O)Cn1cccn1. The minimum Gasteiger partial charge on any atom is -0.495 e. The molecule has 0 saturated heterocycles. The molecule has 1 unspecified atom stereocenters. The van der Waals surface area contributed by atoms with Gasteiger partial charge in [0.2, 0.25) is 0 Å². The molecule has 0 aliphatic carbocycles. The van der Waals surface area contributed by atoms with E-state index in [4.69, 9.17) is 16.3 Å². The van der Waals surface area contributed by atoms with Crippen molar-refractivity contribution in [2.45, 2.75) is 19.6 Å². The molecule has 1 atom stereocenters. The first-order valence-corrected chi connectivity index (χ1v) is 6.71. The summed E-state index contributed by atoms with van der Waals surface area (Å²) in [5.74, 6) is 0.659. The molecule has 5 nitrogen and oxygen atoms in total. The smallest absolute Gasteiger partial charge is 0.143 e. The van der Waals surface area contributed by atoms with E-state index >= 15 is 0 Å². The van der Waals surface area contributed by atoms with Gasteiger partial charge >= 0.3 is 0 Å². The van der Waals surface area contributed by atoms with Gasteiger partial charge in [0.05, 0.1) is 25.4 Å². The number of aliphatic hydroxyl groups excluding tert-OH is 1. The van der Waals surface area contributed by atoms with Gasteiger partial charge < -0.3 is 15.2 Å². The number of aromatic nitrogens is 2. The molecular formula is C14H18ClN3O2. The van der Waals surface area contributed by atoms with Gasteiger partial charge in [-0.05, 0) is 24.6 Å². The van der Waals surface area contributed by atoms with E-state index in [1.807, 2.05) is 25.3 Å². The minimum absolute atomic E-state index is 0.400. The summed E-state index contributed by atoms with van der Waals surface area (Å²) in [5.41, 5.74) is 1.77. The Bertz CT molecular complexity index is 558. The predicted octanol–water partition coefficient (Wildman–Crippen LogP) is 2.33. The van der Waals surface area contributed by atoms with Crippen LogP contribution < -0.4 is 10.1 Å². The van der Waals surface area contributed by atoms with Crippen LogP contribution in [0.1, 0.15) is 5.56 Å². The van der Waals surface area contributed by atoms with Crippen LogP contribution in [0.3, 0.4) is 0 Å². The van der Waals surface area contributed by atoms with Crippen LogP contribution in [0, 0.1) is 6.92 Å². The Morgan fingerprint density at radius 3 is 2.95 bits per heavy atom. The standard InChI is InChI=1S/C14H18ClN3O2/c1-10-6-13(14(20-2)7-12(10)15)16-8-11(19)9-18-5-3-4-17-18/h3-7,11,16,19H,8-9H2,1-2H3. The van der Waals surface area contributed by atoms with E-state index in [-0.39, 0.29) is 0 Å². The second-order valence-corrected chi connectivity index (χ2v) is 4.97. The Morgan fingerprint density at radius 2 is 2.30 bits per heavy atom. The van der Waals surface area contributed by atoms with Crippen LogP contribution in [0.2, 0.25) is 5.02 Å². The van der Waals surface area contributed by atoms with Gasteiger partial charge in [0.15, 0.2) is 0 Å². The summed E-state index contributed by atoms with van der Waals surface area (Å²) in [4.78, 5) is 0. The zero-order valence-corrected chi connectivity index (χ0v) is 12.3. The van der Waals surface area contributed by atoms with Crippen molar-refractivity contribution in [3.05, 3.63) is 41.2 Å². The maximum Gasteiger partial charge on any atom is 0.143 e. The Labute approximate surface area is 123 Å². The van der Waals surface area contributed by atoms with Crippen LogP contribution in [-0.2, 0) is 6.54 Å². The highest BCUT2D eigenvalue weighted by Gasteiger charge is 2.10. The van der Waals surface area contributed by atoms with E-state index in [1.54, 1.807) is 24.1 Å². The number of hydrogen-bond donors (Lipinski definition) is 2. The lowest BCUT2D eigenvalue weighted by atomic mass is 10.2. The van der Waals surface area contributed by atoms with Crippen molar-refractivity contribution >= 4 is 17.3 Å². The Morgan fingerprint density at radius 1 is 1.50 bits per heavy atom. The lowest BCUT2D eigenvalue weighted by molar-refractivity contribution is 0.161. The Hall–Kier alpha value is -1.72. The maximum absolute atomic E-state index is 9.98. The van der Waals surface area contributed by atoms with Gasteiger partial charge in [-0.25, -0.2) is 0 Å². The number of rotatable bonds is 6. The van der Waals surface area contributed by atoms with Gasteiger partial charge in [0.1, 0.15) is 5.75 Å². The fraction of sp³-hybridized carbons (Fsp3) is 0.357. The normalized spacial score (nSPS) is 12.2. The highest BCUT2D eigenvalue weighted by Crippen LogP contribution is 2.30. The molecule has 108 valence electrons. The molecule has 2 aromatic rings. The summed E-state index contributed by atoms with van der Waals surface area (Å²) in [7, 11) is 1.59. The number of methoxy groups -OCH3 is 1. The molecule has 20 heavy (non-hydrogen) atoms. The molecule has 0 aliphatic heterocycles. The average molecular weight is 296 g/mol. The van der Waals surface area contributed by atoms with Crippen molar-refractivity contribution in [2.75, 3.05) is 19.0 Å².